The summed E-state index contributed by atoms with van der Waals surface area (Å²) < 4.78 is 2.36. The van der Waals surface area contributed by atoms with Gasteiger partial charge in [-0.1, -0.05) is 35.4 Å². The van der Waals surface area contributed by atoms with Crippen molar-refractivity contribution in [2.24, 2.45) is 5.73 Å². The van der Waals surface area contributed by atoms with Crippen molar-refractivity contribution in [2.75, 3.05) is 6.54 Å². The number of rotatable bonds is 4. The van der Waals surface area contributed by atoms with Crippen molar-refractivity contribution in [1.82, 2.24) is 4.57 Å². The molecule has 2 nitrogen and oxygen atoms in total. The molecule has 3 aromatic rings. The smallest absolute Gasteiger partial charge is 0.0486 e. The molecule has 0 unspecified atom stereocenters. The van der Waals surface area contributed by atoms with Crippen LogP contribution in [0.4, 0.5) is 0 Å². The quantitative estimate of drug-likeness (QED) is 0.770. The van der Waals surface area contributed by atoms with E-state index in [1.807, 2.05) is 0 Å². The van der Waals surface area contributed by atoms with Gasteiger partial charge in [0.05, 0.1) is 0 Å². The van der Waals surface area contributed by atoms with Gasteiger partial charge in [0.1, 0.15) is 0 Å². The average Bonchev–Trinajstić information content (AvgIpc) is 2.81. The van der Waals surface area contributed by atoms with Crippen molar-refractivity contribution in [3.8, 4) is 0 Å². The van der Waals surface area contributed by atoms with Crippen molar-refractivity contribution in [1.29, 1.82) is 0 Å². The Bertz CT molecular complexity index is 812. The van der Waals surface area contributed by atoms with Gasteiger partial charge >= 0.3 is 0 Å². The monoisotopic (exact) mass is 292 g/mol. The fraction of sp³-hybridized carbons (Fsp3) is 0.300. The second kappa shape index (κ2) is 5.98. The van der Waals surface area contributed by atoms with Crippen LogP contribution in [-0.4, -0.2) is 11.1 Å². The summed E-state index contributed by atoms with van der Waals surface area (Å²) in [5.74, 6) is 0. The molecule has 114 valence electrons. The van der Waals surface area contributed by atoms with E-state index in [0.717, 1.165) is 13.0 Å². The number of aromatic nitrogens is 1. The fourth-order valence-corrected chi connectivity index (χ4v) is 3.12. The summed E-state index contributed by atoms with van der Waals surface area (Å²) in [6, 6.07) is 13.4. The maximum atomic E-state index is 5.79. The van der Waals surface area contributed by atoms with Crippen LogP contribution in [0.5, 0.6) is 0 Å². The summed E-state index contributed by atoms with van der Waals surface area (Å²) in [4.78, 5) is 0. The first kappa shape index (κ1) is 14.9. The molecule has 2 aromatic carbocycles. The summed E-state index contributed by atoms with van der Waals surface area (Å²) in [7, 11) is 0. The van der Waals surface area contributed by atoms with Crippen LogP contribution in [-0.2, 0) is 13.0 Å². The molecule has 0 fully saturated rings. The van der Waals surface area contributed by atoms with E-state index in [0.29, 0.717) is 6.54 Å². The molecule has 0 aliphatic rings. The van der Waals surface area contributed by atoms with E-state index in [1.165, 1.54) is 38.7 Å². The first-order valence-corrected chi connectivity index (χ1v) is 7.93. The summed E-state index contributed by atoms with van der Waals surface area (Å²) in [6.07, 6.45) is 3.21. The minimum atomic E-state index is 0.691. The lowest BCUT2D eigenvalue weighted by Gasteiger charge is -2.10. The van der Waals surface area contributed by atoms with Gasteiger partial charge in [-0.2, -0.15) is 0 Å². The largest absolute Gasteiger partial charge is 0.343 e. The summed E-state index contributed by atoms with van der Waals surface area (Å²) in [5, 5.41) is 1.34. The normalized spacial score (nSPS) is 11.3. The second-order valence-corrected chi connectivity index (χ2v) is 6.27. The molecule has 0 aliphatic carbocycles. The number of hydrogen-bond acceptors (Lipinski definition) is 1. The summed E-state index contributed by atoms with van der Waals surface area (Å²) in [5.41, 5.74) is 13.8. The van der Waals surface area contributed by atoms with E-state index in [2.05, 4.69) is 67.9 Å². The lowest BCUT2D eigenvalue weighted by atomic mass is 10.1. The summed E-state index contributed by atoms with van der Waals surface area (Å²) >= 11 is 0. The van der Waals surface area contributed by atoms with E-state index in [1.54, 1.807) is 0 Å². The highest BCUT2D eigenvalue weighted by Gasteiger charge is 2.09. The number of hydrogen-bond donors (Lipinski definition) is 1. The number of benzene rings is 2. The zero-order chi connectivity index (χ0) is 15.7. The van der Waals surface area contributed by atoms with E-state index in [-0.39, 0.29) is 0 Å². The lowest BCUT2D eigenvalue weighted by Crippen LogP contribution is -2.03. The molecular formula is C20H24N2. The Labute approximate surface area is 132 Å². The van der Waals surface area contributed by atoms with Gasteiger partial charge in [0.25, 0.3) is 0 Å². The Balaban J connectivity index is 2.08. The van der Waals surface area contributed by atoms with Crippen LogP contribution in [0.15, 0.2) is 42.6 Å². The van der Waals surface area contributed by atoms with E-state index < -0.39 is 0 Å². The molecule has 2 N–H and O–H groups in total. The highest BCUT2D eigenvalue weighted by molar-refractivity contribution is 5.84. The fourth-order valence-electron chi connectivity index (χ4n) is 3.12. The SMILES string of the molecule is Cc1ccc(C)c(Cn2cc(CCN)c3cc(C)ccc32)c1. The molecule has 0 atom stereocenters. The van der Waals surface area contributed by atoms with Crippen LogP contribution in [0.1, 0.15) is 27.8 Å². The third kappa shape index (κ3) is 2.79. The van der Waals surface area contributed by atoms with Gasteiger partial charge in [0.2, 0.25) is 0 Å². The summed E-state index contributed by atoms with van der Waals surface area (Å²) in [6.45, 7) is 8.09. The van der Waals surface area contributed by atoms with Gasteiger partial charge in [-0.05, 0) is 62.6 Å². The van der Waals surface area contributed by atoms with Crippen LogP contribution in [0, 0.1) is 20.8 Å². The van der Waals surface area contributed by atoms with Gasteiger partial charge < -0.3 is 10.3 Å². The Morgan fingerprint density at radius 3 is 2.41 bits per heavy atom. The molecule has 0 saturated carbocycles. The predicted molar refractivity (Wildman–Crippen MR) is 94.5 cm³/mol. The predicted octanol–water partition coefficient (Wildman–Crippen LogP) is 4.12. The van der Waals surface area contributed by atoms with Crippen molar-refractivity contribution in [3.63, 3.8) is 0 Å². The third-order valence-electron chi connectivity index (χ3n) is 4.38. The highest BCUT2D eigenvalue weighted by atomic mass is 15.0. The Morgan fingerprint density at radius 1 is 0.909 bits per heavy atom. The first-order valence-electron chi connectivity index (χ1n) is 7.93. The molecule has 1 heterocycles. The van der Waals surface area contributed by atoms with Gasteiger partial charge in [0, 0.05) is 23.6 Å². The maximum absolute atomic E-state index is 5.79. The molecule has 0 aliphatic heterocycles. The molecule has 0 bridgehead atoms. The van der Waals surface area contributed by atoms with Crippen molar-refractivity contribution >= 4 is 10.9 Å². The Morgan fingerprint density at radius 2 is 1.64 bits per heavy atom. The van der Waals surface area contributed by atoms with Crippen LogP contribution in [0.3, 0.4) is 0 Å². The van der Waals surface area contributed by atoms with Crippen LogP contribution < -0.4 is 5.73 Å². The van der Waals surface area contributed by atoms with E-state index >= 15 is 0 Å². The van der Waals surface area contributed by atoms with E-state index in [4.69, 9.17) is 5.73 Å². The van der Waals surface area contributed by atoms with E-state index in [9.17, 15) is 0 Å². The Kier molecular flexibility index (Phi) is 4.04. The second-order valence-electron chi connectivity index (χ2n) is 6.27. The standard InChI is InChI=1S/C20H24N2/c1-14-4-6-16(3)18(10-14)13-22-12-17(8-9-21)19-11-15(2)5-7-20(19)22/h4-7,10-12H,8-9,13,21H2,1-3H3. The average molecular weight is 292 g/mol. The van der Waals surface area contributed by atoms with Crippen LogP contribution in [0.25, 0.3) is 10.9 Å². The molecule has 1 aromatic heterocycles. The number of aryl methyl sites for hydroxylation is 3. The number of fused-ring (bicyclic) bond motifs is 1. The molecular weight excluding hydrogens is 268 g/mol. The molecule has 0 saturated heterocycles. The van der Waals surface area contributed by atoms with Crippen molar-refractivity contribution < 1.29 is 0 Å². The van der Waals surface area contributed by atoms with Gasteiger partial charge in [-0.25, -0.2) is 0 Å². The van der Waals surface area contributed by atoms with Crippen molar-refractivity contribution in [2.45, 2.75) is 33.7 Å². The molecule has 22 heavy (non-hydrogen) atoms. The molecule has 2 heteroatoms. The highest BCUT2D eigenvalue weighted by Crippen LogP contribution is 2.25. The van der Waals surface area contributed by atoms with Crippen LogP contribution >= 0.6 is 0 Å². The van der Waals surface area contributed by atoms with Crippen LogP contribution in [0.2, 0.25) is 0 Å². The van der Waals surface area contributed by atoms with Gasteiger partial charge in [-0.3, -0.25) is 0 Å². The molecule has 0 radical (unpaired) electrons. The van der Waals surface area contributed by atoms with Gasteiger partial charge in [0.15, 0.2) is 0 Å². The molecule has 3 rings (SSSR count). The molecule has 0 spiro atoms. The molecule has 0 amide bonds. The Hall–Kier alpha value is -2.06. The zero-order valence-corrected chi connectivity index (χ0v) is 13.7. The topological polar surface area (TPSA) is 30.9 Å². The van der Waals surface area contributed by atoms with Crippen molar-refractivity contribution in [3.05, 3.63) is 70.4 Å². The number of nitrogens with zero attached hydrogens (tertiary/aromatic N) is 1. The minimum absolute atomic E-state index is 0.691. The number of nitrogens with two attached hydrogens (primary N) is 1. The third-order valence-corrected chi connectivity index (χ3v) is 4.38. The lowest BCUT2D eigenvalue weighted by molar-refractivity contribution is 0.820. The first-order chi connectivity index (χ1) is 10.6. The maximum Gasteiger partial charge on any atom is 0.0486 e. The minimum Gasteiger partial charge on any atom is -0.343 e. The van der Waals surface area contributed by atoms with Gasteiger partial charge in [-0.15, -0.1) is 0 Å². The zero-order valence-electron chi connectivity index (χ0n) is 13.7.